The van der Waals surface area contributed by atoms with Gasteiger partial charge in [0, 0.05) is 6.54 Å². The SMILES string of the molecule is CCNC(C#N)(CN1CCC(C)(C)CC1)C1CC1. The van der Waals surface area contributed by atoms with Crippen molar-refractivity contribution >= 4 is 0 Å². The minimum absolute atomic E-state index is 0.282. The van der Waals surface area contributed by atoms with Gasteiger partial charge in [0.2, 0.25) is 0 Å². The number of hydrogen-bond donors (Lipinski definition) is 1. The smallest absolute Gasteiger partial charge is 0.122 e. The highest BCUT2D eigenvalue weighted by Crippen LogP contribution is 2.40. The van der Waals surface area contributed by atoms with Gasteiger partial charge in [0.15, 0.2) is 0 Å². The Balaban J connectivity index is 1.96. The van der Waals surface area contributed by atoms with E-state index in [1.54, 1.807) is 0 Å². The van der Waals surface area contributed by atoms with E-state index in [1.165, 1.54) is 25.7 Å². The van der Waals surface area contributed by atoms with Gasteiger partial charge >= 0.3 is 0 Å². The number of nitrogens with zero attached hydrogens (tertiary/aromatic N) is 2. The van der Waals surface area contributed by atoms with Gasteiger partial charge in [-0.05, 0) is 56.7 Å². The number of rotatable bonds is 5. The van der Waals surface area contributed by atoms with Crippen molar-refractivity contribution < 1.29 is 0 Å². The molecule has 2 fully saturated rings. The molecule has 2 aliphatic rings. The van der Waals surface area contributed by atoms with Crippen LogP contribution in [-0.4, -0.2) is 36.6 Å². The van der Waals surface area contributed by atoms with Crippen LogP contribution < -0.4 is 5.32 Å². The molecular weight excluding hydrogens is 222 g/mol. The molecule has 3 heteroatoms. The largest absolute Gasteiger partial charge is 0.300 e. The molecule has 0 radical (unpaired) electrons. The fourth-order valence-corrected chi connectivity index (χ4v) is 3.06. The molecule has 18 heavy (non-hydrogen) atoms. The van der Waals surface area contributed by atoms with Crippen LogP contribution in [0.25, 0.3) is 0 Å². The van der Waals surface area contributed by atoms with Gasteiger partial charge in [-0.3, -0.25) is 5.32 Å². The minimum atomic E-state index is -0.282. The maximum Gasteiger partial charge on any atom is 0.122 e. The maximum absolute atomic E-state index is 9.61. The number of likely N-dealkylation sites (N-methyl/N-ethyl adjacent to an activating group) is 1. The monoisotopic (exact) mass is 249 g/mol. The molecule has 0 amide bonds. The van der Waals surface area contributed by atoms with Crippen LogP contribution in [0.15, 0.2) is 0 Å². The zero-order valence-electron chi connectivity index (χ0n) is 12.1. The van der Waals surface area contributed by atoms with Crippen LogP contribution in [0.1, 0.15) is 46.5 Å². The van der Waals surface area contributed by atoms with E-state index in [0.29, 0.717) is 11.3 Å². The van der Waals surface area contributed by atoms with Crippen molar-refractivity contribution in [3.05, 3.63) is 0 Å². The molecule has 2 rings (SSSR count). The van der Waals surface area contributed by atoms with E-state index in [2.05, 4.69) is 37.1 Å². The molecule has 0 aromatic heterocycles. The Morgan fingerprint density at radius 3 is 2.39 bits per heavy atom. The van der Waals surface area contributed by atoms with Crippen LogP contribution >= 0.6 is 0 Å². The number of hydrogen-bond acceptors (Lipinski definition) is 3. The first-order valence-electron chi connectivity index (χ1n) is 7.40. The normalized spacial score (nSPS) is 27.4. The van der Waals surface area contributed by atoms with E-state index in [0.717, 1.165) is 26.2 Å². The van der Waals surface area contributed by atoms with Gasteiger partial charge in [0.1, 0.15) is 5.54 Å². The zero-order valence-corrected chi connectivity index (χ0v) is 12.1. The number of likely N-dealkylation sites (tertiary alicyclic amines) is 1. The highest BCUT2D eigenvalue weighted by molar-refractivity contribution is 5.16. The molecular formula is C15H27N3. The van der Waals surface area contributed by atoms with Gasteiger partial charge < -0.3 is 4.90 Å². The lowest BCUT2D eigenvalue weighted by atomic mass is 9.82. The second kappa shape index (κ2) is 5.19. The Kier molecular flexibility index (Phi) is 3.99. The molecule has 1 aliphatic heterocycles. The summed E-state index contributed by atoms with van der Waals surface area (Å²) >= 11 is 0. The van der Waals surface area contributed by atoms with E-state index >= 15 is 0 Å². The summed E-state index contributed by atoms with van der Waals surface area (Å²) in [5, 5.41) is 13.1. The van der Waals surface area contributed by atoms with Crippen molar-refractivity contribution in [3.8, 4) is 6.07 Å². The van der Waals surface area contributed by atoms with Crippen LogP contribution in [0, 0.1) is 22.7 Å². The average Bonchev–Trinajstić information content (AvgIpc) is 3.15. The number of piperidine rings is 1. The summed E-state index contributed by atoms with van der Waals surface area (Å²) in [5.74, 6) is 0.581. The second-order valence-electron chi connectivity index (χ2n) is 6.83. The summed E-state index contributed by atoms with van der Waals surface area (Å²) in [6, 6.07) is 2.59. The Hall–Kier alpha value is -0.590. The van der Waals surface area contributed by atoms with Crippen LogP contribution in [0.2, 0.25) is 0 Å². The third kappa shape index (κ3) is 3.05. The Morgan fingerprint density at radius 2 is 1.94 bits per heavy atom. The third-order valence-electron chi connectivity index (χ3n) is 4.65. The van der Waals surface area contributed by atoms with E-state index < -0.39 is 0 Å². The Morgan fingerprint density at radius 1 is 1.33 bits per heavy atom. The van der Waals surface area contributed by atoms with Crippen LogP contribution in [0.5, 0.6) is 0 Å². The van der Waals surface area contributed by atoms with E-state index in [4.69, 9.17) is 0 Å². The highest BCUT2D eigenvalue weighted by atomic mass is 15.2. The molecule has 102 valence electrons. The highest BCUT2D eigenvalue weighted by Gasteiger charge is 2.46. The summed E-state index contributed by atoms with van der Waals surface area (Å²) in [6.07, 6.45) is 4.95. The molecule has 0 spiro atoms. The first kappa shape index (κ1) is 13.8. The third-order valence-corrected chi connectivity index (χ3v) is 4.65. The molecule has 1 aliphatic carbocycles. The summed E-state index contributed by atoms with van der Waals surface area (Å²) in [4.78, 5) is 2.50. The topological polar surface area (TPSA) is 39.1 Å². The molecule has 0 aromatic rings. The number of nitriles is 1. The van der Waals surface area contributed by atoms with Gasteiger partial charge in [0.05, 0.1) is 6.07 Å². The fourth-order valence-electron chi connectivity index (χ4n) is 3.06. The lowest BCUT2D eigenvalue weighted by Gasteiger charge is -2.41. The van der Waals surface area contributed by atoms with Gasteiger partial charge in [-0.2, -0.15) is 5.26 Å². The zero-order chi connectivity index (χ0) is 13.2. The number of nitrogens with one attached hydrogen (secondary N) is 1. The molecule has 1 saturated carbocycles. The molecule has 1 heterocycles. The maximum atomic E-state index is 9.61. The second-order valence-corrected chi connectivity index (χ2v) is 6.83. The van der Waals surface area contributed by atoms with Gasteiger partial charge in [-0.25, -0.2) is 0 Å². The van der Waals surface area contributed by atoms with Gasteiger partial charge in [-0.15, -0.1) is 0 Å². The summed E-state index contributed by atoms with van der Waals surface area (Å²) in [5.41, 5.74) is 0.208. The molecule has 0 bridgehead atoms. The van der Waals surface area contributed by atoms with Crippen molar-refractivity contribution in [2.75, 3.05) is 26.2 Å². The van der Waals surface area contributed by atoms with E-state index in [9.17, 15) is 5.26 Å². The molecule has 1 saturated heterocycles. The first-order valence-corrected chi connectivity index (χ1v) is 7.40. The molecule has 3 nitrogen and oxygen atoms in total. The summed E-state index contributed by atoms with van der Waals surface area (Å²) in [7, 11) is 0. The Labute approximate surface area is 112 Å². The molecule has 1 unspecified atom stereocenters. The van der Waals surface area contributed by atoms with Crippen LogP contribution in [0.4, 0.5) is 0 Å². The quantitative estimate of drug-likeness (QED) is 0.813. The minimum Gasteiger partial charge on any atom is -0.300 e. The fraction of sp³-hybridized carbons (Fsp3) is 0.933. The average molecular weight is 249 g/mol. The predicted octanol–water partition coefficient (Wildman–Crippen LogP) is 2.39. The van der Waals surface area contributed by atoms with Crippen molar-refractivity contribution in [2.24, 2.45) is 11.3 Å². The molecule has 1 N–H and O–H groups in total. The standard InChI is InChI=1S/C15H27N3/c1-4-17-15(11-16,13-5-6-13)12-18-9-7-14(2,3)8-10-18/h13,17H,4-10,12H2,1-3H3. The predicted molar refractivity (Wildman–Crippen MR) is 74.2 cm³/mol. The molecule has 0 aromatic carbocycles. The van der Waals surface area contributed by atoms with Crippen molar-refractivity contribution in [2.45, 2.75) is 52.0 Å². The van der Waals surface area contributed by atoms with Crippen LogP contribution in [0.3, 0.4) is 0 Å². The van der Waals surface area contributed by atoms with Gasteiger partial charge in [0.25, 0.3) is 0 Å². The van der Waals surface area contributed by atoms with Crippen molar-refractivity contribution in [3.63, 3.8) is 0 Å². The lowest BCUT2D eigenvalue weighted by molar-refractivity contribution is 0.106. The summed E-state index contributed by atoms with van der Waals surface area (Å²) < 4.78 is 0. The van der Waals surface area contributed by atoms with E-state index in [1.807, 2.05) is 0 Å². The molecule has 1 atom stereocenters. The Bertz CT molecular complexity index is 317. The van der Waals surface area contributed by atoms with Gasteiger partial charge in [-0.1, -0.05) is 20.8 Å². The van der Waals surface area contributed by atoms with Crippen LogP contribution in [-0.2, 0) is 0 Å². The lowest BCUT2D eigenvalue weighted by Crippen LogP contribution is -2.56. The van der Waals surface area contributed by atoms with E-state index in [-0.39, 0.29) is 5.54 Å². The first-order chi connectivity index (χ1) is 8.51. The van der Waals surface area contributed by atoms with Crippen molar-refractivity contribution in [1.82, 2.24) is 10.2 Å². The summed E-state index contributed by atoms with van der Waals surface area (Å²) in [6.45, 7) is 10.9. The van der Waals surface area contributed by atoms with Crippen molar-refractivity contribution in [1.29, 1.82) is 5.26 Å².